The maximum Gasteiger partial charge on any atom is 0.343 e. The summed E-state index contributed by atoms with van der Waals surface area (Å²) in [6, 6.07) is 7.18. The summed E-state index contributed by atoms with van der Waals surface area (Å²) in [6.45, 7) is 2.92. The summed E-state index contributed by atoms with van der Waals surface area (Å²) in [4.78, 5) is 23.9. The molecule has 136 valence electrons. The molecule has 1 aromatic carbocycles. The minimum absolute atomic E-state index is 0.156. The van der Waals surface area contributed by atoms with Crippen molar-refractivity contribution in [3.05, 3.63) is 45.3 Å². The topological polar surface area (TPSA) is 89.0 Å². The standard InChI is InChI=1S/C16H21ClN4O3S/c1-11(12-6-3-4-7-13(12)17)18-14(22)10-25-16-20-19-15(23)21(16)8-5-9-24-2/h3-4,6-7,11H,5,8-10H2,1-2H3,(H,18,22)(H,19,23). The van der Waals surface area contributed by atoms with Crippen molar-refractivity contribution in [2.45, 2.75) is 31.1 Å². The fourth-order valence-electron chi connectivity index (χ4n) is 2.29. The molecule has 0 radical (unpaired) electrons. The van der Waals surface area contributed by atoms with Gasteiger partial charge in [-0.05, 0) is 25.0 Å². The number of aromatic amines is 1. The van der Waals surface area contributed by atoms with Crippen molar-refractivity contribution >= 4 is 29.3 Å². The van der Waals surface area contributed by atoms with Gasteiger partial charge in [0, 0.05) is 25.3 Å². The molecule has 1 unspecified atom stereocenters. The van der Waals surface area contributed by atoms with Crippen molar-refractivity contribution in [3.8, 4) is 0 Å². The number of hydrogen-bond donors (Lipinski definition) is 2. The maximum atomic E-state index is 12.2. The molecule has 1 atom stereocenters. The monoisotopic (exact) mass is 384 g/mol. The SMILES string of the molecule is COCCCn1c(SCC(=O)NC(C)c2ccccc2Cl)n[nH]c1=O. The number of ether oxygens (including phenoxy) is 1. The zero-order valence-corrected chi connectivity index (χ0v) is 15.7. The second kappa shape index (κ2) is 9.65. The molecule has 2 rings (SSSR count). The molecular formula is C16H21ClN4O3S. The van der Waals surface area contributed by atoms with Crippen LogP contribution in [-0.4, -0.2) is 40.1 Å². The average molecular weight is 385 g/mol. The van der Waals surface area contributed by atoms with Gasteiger partial charge in [0.05, 0.1) is 11.8 Å². The number of rotatable bonds is 9. The second-order valence-corrected chi connectivity index (χ2v) is 6.76. The smallest absolute Gasteiger partial charge is 0.343 e. The van der Waals surface area contributed by atoms with E-state index in [2.05, 4.69) is 15.5 Å². The summed E-state index contributed by atoms with van der Waals surface area (Å²) < 4.78 is 6.49. The predicted molar refractivity (Wildman–Crippen MR) is 98.1 cm³/mol. The lowest BCUT2D eigenvalue weighted by Gasteiger charge is -2.15. The van der Waals surface area contributed by atoms with Crippen LogP contribution in [0.4, 0.5) is 0 Å². The molecule has 0 saturated heterocycles. The summed E-state index contributed by atoms with van der Waals surface area (Å²) in [7, 11) is 1.61. The lowest BCUT2D eigenvalue weighted by Crippen LogP contribution is -2.28. The fourth-order valence-corrected chi connectivity index (χ4v) is 3.38. The molecule has 0 saturated carbocycles. The molecule has 1 heterocycles. The Labute approximate surface area is 155 Å². The van der Waals surface area contributed by atoms with Gasteiger partial charge < -0.3 is 10.1 Å². The van der Waals surface area contributed by atoms with Crippen molar-refractivity contribution in [1.82, 2.24) is 20.1 Å². The van der Waals surface area contributed by atoms with Gasteiger partial charge in [-0.1, -0.05) is 41.6 Å². The molecule has 0 aliphatic carbocycles. The normalized spacial score (nSPS) is 12.1. The highest BCUT2D eigenvalue weighted by Crippen LogP contribution is 2.22. The van der Waals surface area contributed by atoms with Crippen molar-refractivity contribution in [2.75, 3.05) is 19.5 Å². The number of amides is 1. The van der Waals surface area contributed by atoms with Gasteiger partial charge in [0.1, 0.15) is 0 Å². The van der Waals surface area contributed by atoms with Crippen molar-refractivity contribution in [2.24, 2.45) is 0 Å². The Bertz CT molecular complexity index is 762. The van der Waals surface area contributed by atoms with Crippen LogP contribution in [0.2, 0.25) is 5.02 Å². The first-order chi connectivity index (χ1) is 12.0. The van der Waals surface area contributed by atoms with Gasteiger partial charge >= 0.3 is 5.69 Å². The molecule has 0 aliphatic rings. The first-order valence-corrected chi connectivity index (χ1v) is 9.20. The second-order valence-electron chi connectivity index (χ2n) is 5.41. The molecule has 1 amide bonds. The van der Waals surface area contributed by atoms with E-state index >= 15 is 0 Å². The Balaban J connectivity index is 1.90. The molecular weight excluding hydrogens is 364 g/mol. The summed E-state index contributed by atoms with van der Waals surface area (Å²) in [5, 5.41) is 10.4. The number of thioether (sulfide) groups is 1. The number of benzene rings is 1. The highest BCUT2D eigenvalue weighted by atomic mass is 35.5. The van der Waals surface area contributed by atoms with Gasteiger partial charge in [0.15, 0.2) is 5.16 Å². The van der Waals surface area contributed by atoms with Crippen molar-refractivity contribution in [1.29, 1.82) is 0 Å². The van der Waals surface area contributed by atoms with Gasteiger partial charge in [0.25, 0.3) is 0 Å². The van der Waals surface area contributed by atoms with Gasteiger partial charge in [-0.2, -0.15) is 0 Å². The number of methoxy groups -OCH3 is 1. The van der Waals surface area contributed by atoms with Gasteiger partial charge in [0.2, 0.25) is 5.91 Å². The number of hydrogen-bond acceptors (Lipinski definition) is 5. The molecule has 0 bridgehead atoms. The van der Waals surface area contributed by atoms with Crippen LogP contribution in [0.5, 0.6) is 0 Å². The number of H-pyrrole nitrogens is 1. The third kappa shape index (κ3) is 5.62. The van der Waals surface area contributed by atoms with Crippen LogP contribution in [0.25, 0.3) is 0 Å². The van der Waals surface area contributed by atoms with E-state index in [4.69, 9.17) is 16.3 Å². The molecule has 2 N–H and O–H groups in total. The first-order valence-electron chi connectivity index (χ1n) is 7.83. The van der Waals surface area contributed by atoms with E-state index in [0.29, 0.717) is 29.8 Å². The van der Waals surface area contributed by atoms with E-state index < -0.39 is 0 Å². The summed E-state index contributed by atoms with van der Waals surface area (Å²) in [5.74, 6) is -0.0000794. The Morgan fingerprint density at radius 2 is 2.24 bits per heavy atom. The van der Waals surface area contributed by atoms with E-state index in [1.54, 1.807) is 13.2 Å². The zero-order valence-electron chi connectivity index (χ0n) is 14.1. The Kier molecular flexibility index (Phi) is 7.54. The Morgan fingerprint density at radius 3 is 2.96 bits per heavy atom. The van der Waals surface area contributed by atoms with E-state index in [-0.39, 0.29) is 23.4 Å². The number of aromatic nitrogens is 3. The van der Waals surface area contributed by atoms with E-state index in [1.807, 2.05) is 25.1 Å². The molecule has 2 aromatic rings. The predicted octanol–water partition coefficient (Wildman–Crippen LogP) is 2.23. The highest BCUT2D eigenvalue weighted by molar-refractivity contribution is 7.99. The lowest BCUT2D eigenvalue weighted by molar-refractivity contribution is -0.119. The Morgan fingerprint density at radius 1 is 1.48 bits per heavy atom. The minimum Gasteiger partial charge on any atom is -0.385 e. The lowest BCUT2D eigenvalue weighted by atomic mass is 10.1. The summed E-state index contributed by atoms with van der Waals surface area (Å²) in [5.41, 5.74) is 0.571. The number of nitrogens with one attached hydrogen (secondary N) is 2. The minimum atomic E-state index is -0.288. The third-order valence-corrected chi connectivity index (χ3v) is 4.86. The number of carbonyl (C=O) groups excluding carboxylic acids is 1. The number of nitrogens with zero attached hydrogens (tertiary/aromatic N) is 2. The molecule has 0 spiro atoms. The van der Waals surface area contributed by atoms with Crippen LogP contribution in [0.1, 0.15) is 24.9 Å². The van der Waals surface area contributed by atoms with Gasteiger partial charge in [-0.25, -0.2) is 9.89 Å². The number of halogens is 1. The van der Waals surface area contributed by atoms with E-state index in [9.17, 15) is 9.59 Å². The molecule has 0 aliphatic heterocycles. The van der Waals surface area contributed by atoms with Gasteiger partial charge in [-0.3, -0.25) is 9.36 Å². The molecule has 25 heavy (non-hydrogen) atoms. The largest absolute Gasteiger partial charge is 0.385 e. The molecule has 0 fully saturated rings. The van der Waals surface area contributed by atoms with Gasteiger partial charge in [-0.15, -0.1) is 5.10 Å². The van der Waals surface area contributed by atoms with Crippen LogP contribution < -0.4 is 11.0 Å². The first kappa shape index (κ1) is 19.6. The quantitative estimate of drug-likeness (QED) is 0.511. The van der Waals surface area contributed by atoms with Crippen LogP contribution in [0.15, 0.2) is 34.2 Å². The number of carbonyl (C=O) groups is 1. The van der Waals surface area contributed by atoms with E-state index in [1.165, 1.54) is 16.3 Å². The fraction of sp³-hybridized carbons (Fsp3) is 0.438. The Hall–Kier alpha value is -1.77. The van der Waals surface area contributed by atoms with Crippen molar-refractivity contribution in [3.63, 3.8) is 0 Å². The average Bonchev–Trinajstić information content (AvgIpc) is 2.94. The zero-order chi connectivity index (χ0) is 18.2. The van der Waals surface area contributed by atoms with Crippen LogP contribution in [-0.2, 0) is 16.1 Å². The molecule has 1 aromatic heterocycles. The molecule has 9 heteroatoms. The maximum absolute atomic E-state index is 12.2. The van der Waals surface area contributed by atoms with Crippen LogP contribution in [0, 0.1) is 0 Å². The highest BCUT2D eigenvalue weighted by Gasteiger charge is 2.15. The van der Waals surface area contributed by atoms with E-state index in [0.717, 1.165) is 5.56 Å². The van der Waals surface area contributed by atoms with Crippen molar-refractivity contribution < 1.29 is 9.53 Å². The molecule has 7 nitrogen and oxygen atoms in total. The van der Waals surface area contributed by atoms with Crippen LogP contribution in [0.3, 0.4) is 0 Å². The summed E-state index contributed by atoms with van der Waals surface area (Å²) >= 11 is 7.35. The van der Waals surface area contributed by atoms with Crippen LogP contribution >= 0.6 is 23.4 Å². The third-order valence-electron chi connectivity index (χ3n) is 3.54. The summed E-state index contributed by atoms with van der Waals surface area (Å²) in [6.07, 6.45) is 0.694.